The Balaban J connectivity index is 1.85. The van der Waals surface area contributed by atoms with E-state index in [1.165, 1.54) is 0 Å². The number of fused-ring (bicyclic) bond motifs is 1. The molecule has 0 radical (unpaired) electrons. The molecule has 1 aromatic heterocycles. The van der Waals surface area contributed by atoms with Crippen molar-refractivity contribution in [3.05, 3.63) is 71.2 Å². The summed E-state index contributed by atoms with van der Waals surface area (Å²) in [7, 11) is 0. The number of para-hydroxylation sites is 1. The van der Waals surface area contributed by atoms with Gasteiger partial charge in [0.1, 0.15) is 5.82 Å². The molecule has 0 bridgehead atoms. The van der Waals surface area contributed by atoms with Crippen LogP contribution in [-0.2, 0) is 4.79 Å². The number of nitrogens with one attached hydrogen (secondary N) is 2. The molecule has 7 heteroatoms. The summed E-state index contributed by atoms with van der Waals surface area (Å²) in [4.78, 5) is 19.7. The fourth-order valence-electron chi connectivity index (χ4n) is 3.04. The summed E-state index contributed by atoms with van der Waals surface area (Å²) in [6.45, 7) is 0. The van der Waals surface area contributed by atoms with Gasteiger partial charge < -0.3 is 16.4 Å². The van der Waals surface area contributed by atoms with Crippen LogP contribution in [0.3, 0.4) is 0 Å². The third kappa shape index (κ3) is 3.65. The molecule has 0 aliphatic rings. The molecule has 0 unspecified atom stereocenters. The number of nitrogens with zero attached hydrogens (tertiary/aromatic N) is 2. The van der Waals surface area contributed by atoms with Gasteiger partial charge in [-0.3, -0.25) is 4.79 Å². The Bertz CT molecular complexity index is 1180. The van der Waals surface area contributed by atoms with E-state index >= 15 is 0 Å². The quantitative estimate of drug-likeness (QED) is 0.387. The molecular formula is C21H16BrN5O. The molecule has 0 saturated carbocycles. The van der Waals surface area contributed by atoms with Crippen molar-refractivity contribution in [1.82, 2.24) is 9.97 Å². The fraction of sp³-hybridized carbons (Fsp3) is 0. The lowest BCUT2D eigenvalue weighted by atomic mass is 10.0. The minimum Gasteiger partial charge on any atom is -0.368 e. The monoisotopic (exact) mass is 433 g/mol. The van der Waals surface area contributed by atoms with Gasteiger partial charge in [-0.1, -0.05) is 46.3 Å². The summed E-state index contributed by atoms with van der Waals surface area (Å²) in [6.07, 6.45) is 0.671. The van der Waals surface area contributed by atoms with Gasteiger partial charge in [0.15, 0.2) is 0 Å². The van der Waals surface area contributed by atoms with Crippen molar-refractivity contribution in [1.29, 1.82) is 0 Å². The van der Waals surface area contributed by atoms with Crippen LogP contribution in [0.2, 0.25) is 0 Å². The highest BCUT2D eigenvalue weighted by molar-refractivity contribution is 9.10. The van der Waals surface area contributed by atoms with Crippen LogP contribution in [0.15, 0.2) is 71.2 Å². The first kappa shape index (κ1) is 17.9. The Morgan fingerprint density at radius 3 is 2.64 bits per heavy atom. The lowest BCUT2D eigenvalue weighted by molar-refractivity contribution is -0.105. The molecule has 1 heterocycles. The number of rotatable bonds is 5. The molecule has 0 saturated heterocycles. The van der Waals surface area contributed by atoms with Crippen molar-refractivity contribution in [2.75, 3.05) is 16.4 Å². The van der Waals surface area contributed by atoms with Crippen molar-refractivity contribution < 1.29 is 4.79 Å². The van der Waals surface area contributed by atoms with Crippen LogP contribution in [-0.4, -0.2) is 16.4 Å². The molecule has 28 heavy (non-hydrogen) atoms. The predicted octanol–water partition coefficient (Wildman–Crippen LogP) is 4.95. The van der Waals surface area contributed by atoms with E-state index in [4.69, 9.17) is 5.73 Å². The summed E-state index contributed by atoms with van der Waals surface area (Å²) in [5.74, 6) is 0.809. The van der Waals surface area contributed by atoms with Gasteiger partial charge in [0.05, 0.1) is 5.52 Å². The van der Waals surface area contributed by atoms with Crippen molar-refractivity contribution in [2.24, 2.45) is 0 Å². The van der Waals surface area contributed by atoms with Crippen molar-refractivity contribution in [3.8, 4) is 11.1 Å². The Morgan fingerprint density at radius 1 is 0.964 bits per heavy atom. The lowest BCUT2D eigenvalue weighted by Crippen LogP contribution is -2.02. The Hall–Kier alpha value is -3.45. The van der Waals surface area contributed by atoms with Crippen LogP contribution < -0.4 is 16.4 Å². The number of nitrogens with two attached hydrogens (primary N) is 1. The molecule has 0 aliphatic carbocycles. The van der Waals surface area contributed by atoms with Crippen LogP contribution in [0.5, 0.6) is 0 Å². The molecule has 0 aliphatic heterocycles. The van der Waals surface area contributed by atoms with E-state index in [2.05, 4.69) is 36.5 Å². The van der Waals surface area contributed by atoms with Crippen LogP contribution in [0.4, 0.5) is 23.1 Å². The molecule has 1 amide bonds. The number of benzene rings is 3. The lowest BCUT2D eigenvalue weighted by Gasteiger charge is -2.13. The SMILES string of the molecule is Nc1nc(Nc2cccc(Br)c2)c2cc(-c3ccccc3NC=O)ccc2n1. The minimum absolute atomic E-state index is 0.195. The Morgan fingerprint density at radius 2 is 1.82 bits per heavy atom. The highest BCUT2D eigenvalue weighted by Crippen LogP contribution is 2.33. The average molecular weight is 434 g/mol. The summed E-state index contributed by atoms with van der Waals surface area (Å²) in [5.41, 5.74) is 10.1. The second kappa shape index (κ2) is 7.66. The van der Waals surface area contributed by atoms with Gasteiger partial charge in [0, 0.05) is 26.8 Å². The van der Waals surface area contributed by atoms with Gasteiger partial charge in [-0.15, -0.1) is 0 Å². The second-order valence-electron chi connectivity index (χ2n) is 6.11. The number of halogens is 1. The van der Waals surface area contributed by atoms with Crippen LogP contribution in [0.1, 0.15) is 0 Å². The molecule has 0 fully saturated rings. The molecule has 0 atom stereocenters. The molecular weight excluding hydrogens is 418 g/mol. The first-order valence-corrected chi connectivity index (χ1v) is 9.33. The maximum Gasteiger partial charge on any atom is 0.222 e. The molecule has 4 rings (SSSR count). The summed E-state index contributed by atoms with van der Waals surface area (Å²) < 4.78 is 0.957. The van der Waals surface area contributed by atoms with Crippen LogP contribution in [0.25, 0.3) is 22.0 Å². The van der Waals surface area contributed by atoms with E-state index in [-0.39, 0.29) is 5.95 Å². The van der Waals surface area contributed by atoms with E-state index in [1.807, 2.05) is 66.7 Å². The van der Waals surface area contributed by atoms with E-state index in [1.54, 1.807) is 0 Å². The van der Waals surface area contributed by atoms with E-state index in [0.717, 1.165) is 37.9 Å². The number of anilines is 4. The molecule has 6 nitrogen and oxygen atoms in total. The third-order valence-electron chi connectivity index (χ3n) is 4.25. The molecule has 3 aromatic carbocycles. The number of carbonyl (C=O) groups is 1. The van der Waals surface area contributed by atoms with Gasteiger partial charge in [-0.05, 0) is 42.0 Å². The van der Waals surface area contributed by atoms with Crippen molar-refractivity contribution in [3.63, 3.8) is 0 Å². The van der Waals surface area contributed by atoms with Crippen molar-refractivity contribution >= 4 is 56.4 Å². The summed E-state index contributed by atoms with van der Waals surface area (Å²) in [5, 5.41) is 6.88. The molecule has 4 aromatic rings. The predicted molar refractivity (Wildman–Crippen MR) is 116 cm³/mol. The zero-order valence-electron chi connectivity index (χ0n) is 14.7. The first-order chi connectivity index (χ1) is 13.6. The first-order valence-electron chi connectivity index (χ1n) is 8.53. The Kier molecular flexibility index (Phi) is 4.90. The average Bonchev–Trinajstić information content (AvgIpc) is 2.68. The van der Waals surface area contributed by atoms with Gasteiger partial charge in [-0.25, -0.2) is 4.98 Å². The number of carbonyl (C=O) groups excluding carboxylic acids is 1. The van der Waals surface area contributed by atoms with Gasteiger partial charge in [0.25, 0.3) is 0 Å². The summed E-state index contributed by atoms with van der Waals surface area (Å²) >= 11 is 3.47. The van der Waals surface area contributed by atoms with Gasteiger partial charge in [-0.2, -0.15) is 4.98 Å². The highest BCUT2D eigenvalue weighted by Gasteiger charge is 2.11. The zero-order chi connectivity index (χ0) is 19.5. The van der Waals surface area contributed by atoms with Gasteiger partial charge in [0.2, 0.25) is 12.4 Å². The molecule has 4 N–H and O–H groups in total. The number of nitrogen functional groups attached to an aromatic ring is 1. The highest BCUT2D eigenvalue weighted by atomic mass is 79.9. The minimum atomic E-state index is 0.195. The molecule has 0 spiro atoms. The fourth-order valence-corrected chi connectivity index (χ4v) is 3.44. The summed E-state index contributed by atoms with van der Waals surface area (Å²) in [6, 6.07) is 21.2. The number of hydrogen-bond donors (Lipinski definition) is 3. The standard InChI is InChI=1S/C21H16BrN5O/c22-14-4-3-5-15(11-14)25-20-17-10-13(8-9-19(17)26-21(23)27-20)16-6-1-2-7-18(16)24-12-28/h1-12H,(H,24,28)(H3,23,25,26,27). The topological polar surface area (TPSA) is 92.9 Å². The third-order valence-corrected chi connectivity index (χ3v) is 4.75. The number of aromatic nitrogens is 2. The normalized spacial score (nSPS) is 10.6. The van der Waals surface area contributed by atoms with Crippen molar-refractivity contribution in [2.45, 2.75) is 0 Å². The number of hydrogen-bond acceptors (Lipinski definition) is 5. The maximum absolute atomic E-state index is 10.9. The maximum atomic E-state index is 10.9. The van der Waals surface area contributed by atoms with E-state index < -0.39 is 0 Å². The largest absolute Gasteiger partial charge is 0.368 e. The zero-order valence-corrected chi connectivity index (χ0v) is 16.3. The number of amides is 1. The Labute approximate surface area is 170 Å². The smallest absolute Gasteiger partial charge is 0.222 e. The second-order valence-corrected chi connectivity index (χ2v) is 7.02. The molecule has 138 valence electrons. The van der Waals surface area contributed by atoms with Crippen LogP contribution in [0, 0.1) is 0 Å². The van der Waals surface area contributed by atoms with Crippen LogP contribution >= 0.6 is 15.9 Å². The van der Waals surface area contributed by atoms with Gasteiger partial charge >= 0.3 is 0 Å². The van der Waals surface area contributed by atoms with E-state index in [9.17, 15) is 4.79 Å². The van der Waals surface area contributed by atoms with E-state index in [0.29, 0.717) is 12.2 Å².